The molecule has 0 saturated heterocycles. The Labute approximate surface area is 246 Å². The van der Waals surface area contributed by atoms with E-state index < -0.39 is 23.6 Å². The van der Waals surface area contributed by atoms with Crippen LogP contribution in [0.25, 0.3) is 0 Å². The smallest absolute Gasteiger partial charge is 0.334 e. The number of aliphatic hydroxyl groups excluding tert-OH is 1. The maximum absolute atomic E-state index is 13.2. The van der Waals surface area contributed by atoms with E-state index in [9.17, 15) is 19.5 Å². The Hall–Kier alpha value is -1.89. The minimum Gasteiger partial charge on any atom is -0.462 e. The zero-order chi connectivity index (χ0) is 30.1. The first-order chi connectivity index (χ1) is 19.1. The molecule has 7 nitrogen and oxygen atoms in total. The lowest BCUT2D eigenvalue weighted by Gasteiger charge is -2.71. The van der Waals surface area contributed by atoms with Gasteiger partial charge < -0.3 is 19.3 Å². The van der Waals surface area contributed by atoms with Crippen LogP contribution in [0.3, 0.4) is 0 Å². The number of ether oxygens (including phenoxy) is 3. The van der Waals surface area contributed by atoms with E-state index in [0.29, 0.717) is 25.2 Å². The Morgan fingerprint density at radius 1 is 1.02 bits per heavy atom. The third-order valence-electron chi connectivity index (χ3n) is 12.7. The third kappa shape index (κ3) is 4.50. The van der Waals surface area contributed by atoms with Gasteiger partial charge >= 0.3 is 17.9 Å². The topological polar surface area (TPSA) is 99.1 Å². The van der Waals surface area contributed by atoms with Gasteiger partial charge in [-0.1, -0.05) is 41.0 Å². The van der Waals surface area contributed by atoms with Crippen LogP contribution in [-0.2, 0) is 28.6 Å². The quantitative estimate of drug-likeness (QED) is 0.294. The molecule has 7 heteroatoms. The lowest BCUT2D eigenvalue weighted by Crippen LogP contribution is -2.69. The maximum Gasteiger partial charge on any atom is 0.334 e. The molecule has 1 N–H and O–H groups in total. The van der Waals surface area contributed by atoms with Crippen molar-refractivity contribution in [1.29, 1.82) is 0 Å². The zero-order valence-electron chi connectivity index (χ0n) is 26.5. The summed E-state index contributed by atoms with van der Waals surface area (Å²) in [6.45, 7) is 16.9. The molecule has 3 fully saturated rings. The first-order valence-corrected chi connectivity index (χ1v) is 16.1. The monoisotopic (exact) mass is 572 g/mol. The van der Waals surface area contributed by atoms with Gasteiger partial charge in [0.15, 0.2) is 0 Å². The lowest BCUT2D eigenvalue weighted by atomic mass is 9.34. The van der Waals surface area contributed by atoms with E-state index in [2.05, 4.69) is 34.6 Å². The van der Waals surface area contributed by atoms with Gasteiger partial charge in [-0.25, -0.2) is 4.79 Å². The van der Waals surface area contributed by atoms with Gasteiger partial charge in [0.25, 0.3) is 0 Å². The minimum atomic E-state index is -0.797. The van der Waals surface area contributed by atoms with E-state index in [1.807, 2.05) is 13.8 Å². The second-order valence-electron chi connectivity index (χ2n) is 15.2. The van der Waals surface area contributed by atoms with Crippen LogP contribution < -0.4 is 0 Å². The van der Waals surface area contributed by atoms with Crippen molar-refractivity contribution >= 4 is 17.9 Å². The molecule has 0 bridgehead atoms. The van der Waals surface area contributed by atoms with Crippen molar-refractivity contribution < 1.29 is 33.7 Å². The highest BCUT2D eigenvalue weighted by Gasteiger charge is 2.72. The molecule has 3 saturated carbocycles. The van der Waals surface area contributed by atoms with Crippen molar-refractivity contribution in [2.75, 3.05) is 0 Å². The number of aliphatic hydroxyl groups is 1. The van der Waals surface area contributed by atoms with Gasteiger partial charge in [-0.2, -0.15) is 0 Å². The molecule has 1 aliphatic heterocycles. The number of esters is 3. The van der Waals surface area contributed by atoms with Gasteiger partial charge in [-0.15, -0.1) is 0 Å². The number of cyclic esters (lactones) is 1. The van der Waals surface area contributed by atoms with Crippen molar-refractivity contribution in [2.45, 2.75) is 144 Å². The van der Waals surface area contributed by atoms with E-state index in [4.69, 9.17) is 14.2 Å². The van der Waals surface area contributed by atoms with Crippen molar-refractivity contribution in [1.82, 2.24) is 0 Å². The van der Waals surface area contributed by atoms with Gasteiger partial charge in [-0.3, -0.25) is 9.59 Å². The molecule has 4 aliphatic carbocycles. The highest BCUT2D eigenvalue weighted by atomic mass is 16.6. The first-order valence-electron chi connectivity index (χ1n) is 16.1. The second kappa shape index (κ2) is 10.4. The number of hydrogen-bond donors (Lipinski definition) is 1. The summed E-state index contributed by atoms with van der Waals surface area (Å²) in [6, 6.07) is 0. The van der Waals surface area contributed by atoms with Gasteiger partial charge in [-0.05, 0) is 99.9 Å². The minimum absolute atomic E-state index is 0.0681. The van der Waals surface area contributed by atoms with E-state index in [-0.39, 0.29) is 58.6 Å². The number of hydrogen-bond acceptors (Lipinski definition) is 7. The Morgan fingerprint density at radius 2 is 1.73 bits per heavy atom. The molecule has 10 atom stereocenters. The highest BCUT2D eigenvalue weighted by molar-refractivity contribution is 5.93. The third-order valence-corrected chi connectivity index (χ3v) is 12.7. The van der Waals surface area contributed by atoms with Crippen LogP contribution in [0.15, 0.2) is 11.1 Å². The van der Waals surface area contributed by atoms with Gasteiger partial charge in [0.2, 0.25) is 0 Å². The summed E-state index contributed by atoms with van der Waals surface area (Å²) in [6.07, 6.45) is 5.92. The summed E-state index contributed by atoms with van der Waals surface area (Å²) >= 11 is 0. The number of carbonyl (C=O) groups is 3. The Kier molecular flexibility index (Phi) is 7.74. The van der Waals surface area contributed by atoms with Crippen LogP contribution in [0, 0.1) is 39.4 Å². The van der Waals surface area contributed by atoms with Crippen molar-refractivity contribution in [3.63, 3.8) is 0 Å². The fourth-order valence-corrected chi connectivity index (χ4v) is 11.2. The van der Waals surface area contributed by atoms with Crippen LogP contribution in [0.5, 0.6) is 0 Å². The average molecular weight is 573 g/mol. The molecule has 0 amide bonds. The summed E-state index contributed by atoms with van der Waals surface area (Å²) in [7, 11) is 0. The molecule has 1 heterocycles. The van der Waals surface area contributed by atoms with E-state index in [1.54, 1.807) is 6.92 Å². The SMILES string of the molecule is CCC(=O)OC(C)C12CCCC(C)(C)C1CCC1(C)C3CCC4=C(C(C)OC4=O)C3(C)C(OC(=O)CC(C)O)CC12. The Morgan fingerprint density at radius 3 is 2.39 bits per heavy atom. The molecule has 10 unspecified atom stereocenters. The molecule has 230 valence electrons. The Bertz CT molecular complexity index is 1120. The first kappa shape index (κ1) is 30.6. The van der Waals surface area contributed by atoms with E-state index in [0.717, 1.165) is 49.7 Å². The predicted octanol–water partition coefficient (Wildman–Crippen LogP) is 6.30. The Balaban J connectivity index is 1.67. The molecule has 5 rings (SSSR count). The maximum atomic E-state index is 13.2. The van der Waals surface area contributed by atoms with Crippen LogP contribution in [0.4, 0.5) is 0 Å². The second-order valence-corrected chi connectivity index (χ2v) is 15.2. The fraction of sp³-hybridized carbons (Fsp3) is 0.853. The molecular weight excluding hydrogens is 520 g/mol. The summed E-state index contributed by atoms with van der Waals surface area (Å²) in [5.41, 5.74) is 0.996. The van der Waals surface area contributed by atoms with Crippen LogP contribution in [0.1, 0.15) is 120 Å². The molecule has 41 heavy (non-hydrogen) atoms. The predicted molar refractivity (Wildman–Crippen MR) is 154 cm³/mol. The standard InChI is InChI=1S/C34H52O7/c1-9-27(36)40-21(4)34-15-10-14-31(5,6)23(34)13-16-32(7)24-12-11-22-29(20(3)39-30(22)38)33(24,8)26(18-25(32)34)41-28(37)17-19(2)35/h19-21,23-26,35H,9-18H2,1-8H3. The summed E-state index contributed by atoms with van der Waals surface area (Å²) in [5.74, 6) is -0.0763. The molecule has 0 radical (unpaired) electrons. The van der Waals surface area contributed by atoms with Crippen LogP contribution >= 0.6 is 0 Å². The molecule has 5 aliphatic rings. The van der Waals surface area contributed by atoms with Gasteiger partial charge in [0.05, 0.1) is 12.5 Å². The molecular formula is C34H52O7. The zero-order valence-corrected chi connectivity index (χ0v) is 26.5. The molecule has 0 aromatic rings. The average Bonchev–Trinajstić information content (AvgIpc) is 3.17. The number of carbonyl (C=O) groups excluding carboxylic acids is 3. The fourth-order valence-electron chi connectivity index (χ4n) is 11.2. The van der Waals surface area contributed by atoms with Crippen molar-refractivity contribution in [2.24, 2.45) is 39.4 Å². The number of rotatable bonds is 6. The van der Waals surface area contributed by atoms with E-state index >= 15 is 0 Å². The largest absolute Gasteiger partial charge is 0.462 e. The molecule has 0 aromatic carbocycles. The molecule has 0 spiro atoms. The summed E-state index contributed by atoms with van der Waals surface area (Å²) in [4.78, 5) is 38.9. The van der Waals surface area contributed by atoms with Crippen molar-refractivity contribution in [3.8, 4) is 0 Å². The highest BCUT2D eigenvalue weighted by Crippen LogP contribution is 2.75. The van der Waals surface area contributed by atoms with Crippen LogP contribution in [0.2, 0.25) is 0 Å². The normalized spacial score (nSPS) is 42.6. The summed E-state index contributed by atoms with van der Waals surface area (Å²) in [5, 5.41) is 10.0. The van der Waals surface area contributed by atoms with Crippen molar-refractivity contribution in [3.05, 3.63) is 11.1 Å². The van der Waals surface area contributed by atoms with Gasteiger partial charge in [0, 0.05) is 22.8 Å². The lowest BCUT2D eigenvalue weighted by molar-refractivity contribution is -0.257. The van der Waals surface area contributed by atoms with Crippen LogP contribution in [-0.4, -0.2) is 47.4 Å². The summed E-state index contributed by atoms with van der Waals surface area (Å²) < 4.78 is 18.5. The number of fused-ring (bicyclic) bond motifs is 6. The van der Waals surface area contributed by atoms with E-state index in [1.165, 1.54) is 0 Å². The molecule has 0 aromatic heterocycles. The van der Waals surface area contributed by atoms with Gasteiger partial charge in [0.1, 0.15) is 18.3 Å².